The van der Waals surface area contributed by atoms with Gasteiger partial charge in [0, 0.05) is 38.8 Å². The lowest BCUT2D eigenvalue weighted by molar-refractivity contribution is -0.133. The Morgan fingerprint density at radius 2 is 1.81 bits per heavy atom. The van der Waals surface area contributed by atoms with E-state index in [9.17, 15) is 4.79 Å². The van der Waals surface area contributed by atoms with Crippen LogP contribution < -0.4 is 4.90 Å². The maximum Gasteiger partial charge on any atom is 0.237 e. The minimum absolute atomic E-state index is 0.310. The lowest BCUT2D eigenvalue weighted by Gasteiger charge is -2.39. The molecule has 0 unspecified atom stereocenters. The van der Waals surface area contributed by atoms with Gasteiger partial charge in [-0.05, 0) is 42.2 Å². The largest absolute Gasteiger partial charge is 0.368 e. The Labute approximate surface area is 168 Å². The van der Waals surface area contributed by atoms with Crippen LogP contribution in [0.2, 0.25) is 5.02 Å². The van der Waals surface area contributed by atoms with Crippen LogP contribution in [0.4, 0.5) is 5.69 Å². The molecule has 2 bridgehead atoms. The molecule has 4 rings (SSSR count). The lowest BCUT2D eigenvalue weighted by atomic mass is 9.65. The Bertz CT molecular complexity index is 713. The molecule has 1 aliphatic carbocycles. The molecule has 1 aromatic carbocycles. The molecule has 2 heterocycles. The van der Waals surface area contributed by atoms with Crippen molar-refractivity contribution in [1.29, 1.82) is 0 Å². The van der Waals surface area contributed by atoms with Crippen LogP contribution in [0, 0.1) is 10.8 Å². The number of nitrogens with zero attached hydrogens (tertiary/aromatic N) is 3. The van der Waals surface area contributed by atoms with E-state index >= 15 is 0 Å². The highest BCUT2D eigenvalue weighted by molar-refractivity contribution is 6.33. The summed E-state index contributed by atoms with van der Waals surface area (Å²) in [7, 11) is 0. The third kappa shape index (κ3) is 3.97. The highest BCUT2D eigenvalue weighted by Crippen LogP contribution is 2.52. The van der Waals surface area contributed by atoms with Gasteiger partial charge in [0.1, 0.15) is 0 Å². The van der Waals surface area contributed by atoms with E-state index in [1.54, 1.807) is 0 Å². The number of amides is 1. The number of likely N-dealkylation sites (tertiary alicyclic amines) is 1. The molecule has 4 nitrogen and oxygen atoms in total. The SMILES string of the molecule is CC1(C)C[C@@H]2C[C@](C)(CN2C(=O)CN2CCN(c3ccccc3Cl)CC2)C1. The predicted molar refractivity (Wildman–Crippen MR) is 111 cm³/mol. The van der Waals surface area contributed by atoms with Gasteiger partial charge in [-0.25, -0.2) is 0 Å². The standard InChI is InChI=1S/C22H32ClN3O/c1-21(2)12-17-13-22(3,15-21)16-26(17)20(27)14-24-8-10-25(11-9-24)19-7-5-4-6-18(19)23/h4-7,17H,8-16H2,1-3H3/t17-,22+/m1/s1. The van der Waals surface area contributed by atoms with Gasteiger partial charge in [0.15, 0.2) is 0 Å². The van der Waals surface area contributed by atoms with E-state index in [1.807, 2.05) is 18.2 Å². The monoisotopic (exact) mass is 389 g/mol. The topological polar surface area (TPSA) is 26.8 Å². The summed E-state index contributed by atoms with van der Waals surface area (Å²) in [5.41, 5.74) is 1.77. The van der Waals surface area contributed by atoms with Gasteiger partial charge in [0.25, 0.3) is 0 Å². The van der Waals surface area contributed by atoms with Crippen molar-refractivity contribution in [3.8, 4) is 0 Å². The molecule has 27 heavy (non-hydrogen) atoms. The molecular formula is C22H32ClN3O. The van der Waals surface area contributed by atoms with Crippen LogP contribution in [-0.4, -0.2) is 61.0 Å². The zero-order valence-electron chi connectivity index (χ0n) is 16.9. The van der Waals surface area contributed by atoms with Gasteiger partial charge in [-0.1, -0.05) is 44.5 Å². The molecule has 2 aliphatic heterocycles. The zero-order valence-corrected chi connectivity index (χ0v) is 17.6. The second kappa shape index (κ2) is 6.97. The molecule has 3 aliphatic rings. The molecule has 0 spiro atoms. The van der Waals surface area contributed by atoms with E-state index in [1.165, 1.54) is 12.8 Å². The van der Waals surface area contributed by atoms with E-state index < -0.39 is 0 Å². The molecule has 1 aromatic rings. The second-order valence-corrected chi connectivity index (χ2v) is 10.4. The number of anilines is 1. The molecule has 0 aromatic heterocycles. The molecular weight excluding hydrogens is 358 g/mol. The quantitative estimate of drug-likeness (QED) is 0.784. The van der Waals surface area contributed by atoms with Gasteiger partial charge in [0.05, 0.1) is 17.3 Å². The first-order chi connectivity index (χ1) is 12.7. The Morgan fingerprint density at radius 1 is 1.11 bits per heavy atom. The second-order valence-electron chi connectivity index (χ2n) is 9.95. The first-order valence-electron chi connectivity index (χ1n) is 10.3. The van der Waals surface area contributed by atoms with Gasteiger partial charge < -0.3 is 9.80 Å². The summed E-state index contributed by atoms with van der Waals surface area (Å²) in [5.74, 6) is 0.326. The van der Waals surface area contributed by atoms with Crippen molar-refractivity contribution in [1.82, 2.24) is 9.80 Å². The highest BCUT2D eigenvalue weighted by Gasteiger charge is 2.50. The van der Waals surface area contributed by atoms with Crippen LogP contribution in [0.15, 0.2) is 24.3 Å². The average molecular weight is 390 g/mol. The number of piperazine rings is 1. The summed E-state index contributed by atoms with van der Waals surface area (Å²) >= 11 is 6.34. The maximum absolute atomic E-state index is 13.1. The number of hydrogen-bond donors (Lipinski definition) is 0. The van der Waals surface area contributed by atoms with Crippen LogP contribution in [0.5, 0.6) is 0 Å². The van der Waals surface area contributed by atoms with Crippen LogP contribution >= 0.6 is 11.6 Å². The van der Waals surface area contributed by atoms with E-state index in [4.69, 9.17) is 11.6 Å². The summed E-state index contributed by atoms with van der Waals surface area (Å²) in [6, 6.07) is 8.46. The summed E-state index contributed by atoms with van der Waals surface area (Å²) in [6.45, 7) is 12.3. The number of fused-ring (bicyclic) bond motifs is 2. The Hall–Kier alpha value is -1.26. The normalized spacial score (nSPS) is 30.6. The fourth-order valence-corrected chi connectivity index (χ4v) is 6.14. The molecule has 0 radical (unpaired) electrons. The fraction of sp³-hybridized carbons (Fsp3) is 0.682. The Kier molecular flexibility index (Phi) is 4.92. The molecule has 0 N–H and O–H groups in total. The highest BCUT2D eigenvalue weighted by atomic mass is 35.5. The Balaban J connectivity index is 1.33. The van der Waals surface area contributed by atoms with Crippen molar-refractivity contribution in [2.24, 2.45) is 10.8 Å². The van der Waals surface area contributed by atoms with E-state index in [0.29, 0.717) is 29.3 Å². The third-order valence-corrected chi connectivity index (χ3v) is 6.98. The van der Waals surface area contributed by atoms with Crippen molar-refractivity contribution in [2.75, 3.05) is 44.2 Å². The van der Waals surface area contributed by atoms with Crippen molar-refractivity contribution in [3.05, 3.63) is 29.3 Å². The number of carbonyl (C=O) groups excluding carboxylic acids is 1. The van der Waals surface area contributed by atoms with Crippen LogP contribution in [-0.2, 0) is 4.79 Å². The summed E-state index contributed by atoms with van der Waals surface area (Å²) in [5, 5.41) is 0.808. The first kappa shape index (κ1) is 19.1. The van der Waals surface area contributed by atoms with Gasteiger partial charge >= 0.3 is 0 Å². The van der Waals surface area contributed by atoms with Crippen molar-refractivity contribution in [2.45, 2.75) is 46.1 Å². The summed E-state index contributed by atoms with van der Waals surface area (Å²) in [4.78, 5) is 19.9. The number of benzene rings is 1. The Morgan fingerprint density at radius 3 is 2.52 bits per heavy atom. The lowest BCUT2D eigenvalue weighted by Crippen LogP contribution is -2.51. The van der Waals surface area contributed by atoms with Crippen LogP contribution in [0.3, 0.4) is 0 Å². The molecule has 2 saturated heterocycles. The van der Waals surface area contributed by atoms with Crippen LogP contribution in [0.25, 0.3) is 0 Å². The molecule has 148 valence electrons. The number of halogens is 1. The number of rotatable bonds is 3. The van der Waals surface area contributed by atoms with Gasteiger partial charge in [-0.2, -0.15) is 0 Å². The van der Waals surface area contributed by atoms with Gasteiger partial charge in [-0.3, -0.25) is 9.69 Å². The molecule has 1 saturated carbocycles. The number of para-hydroxylation sites is 1. The van der Waals surface area contributed by atoms with Crippen molar-refractivity contribution >= 4 is 23.2 Å². The van der Waals surface area contributed by atoms with Crippen LogP contribution in [0.1, 0.15) is 40.0 Å². The maximum atomic E-state index is 13.1. The molecule has 1 amide bonds. The molecule has 5 heteroatoms. The first-order valence-corrected chi connectivity index (χ1v) is 10.6. The van der Waals surface area contributed by atoms with E-state index in [2.05, 4.69) is 41.5 Å². The third-order valence-electron chi connectivity index (χ3n) is 6.66. The van der Waals surface area contributed by atoms with Gasteiger partial charge in [0.2, 0.25) is 5.91 Å². The van der Waals surface area contributed by atoms with E-state index in [-0.39, 0.29) is 0 Å². The number of hydrogen-bond acceptors (Lipinski definition) is 3. The zero-order chi connectivity index (χ0) is 19.2. The van der Waals surface area contributed by atoms with Crippen molar-refractivity contribution < 1.29 is 4.79 Å². The smallest absolute Gasteiger partial charge is 0.237 e. The summed E-state index contributed by atoms with van der Waals surface area (Å²) < 4.78 is 0. The minimum atomic E-state index is 0.310. The number of carbonyl (C=O) groups is 1. The minimum Gasteiger partial charge on any atom is -0.368 e. The van der Waals surface area contributed by atoms with Crippen molar-refractivity contribution in [3.63, 3.8) is 0 Å². The molecule has 2 atom stereocenters. The predicted octanol–water partition coefficient (Wildman–Crippen LogP) is 3.89. The molecule has 3 fully saturated rings. The van der Waals surface area contributed by atoms with E-state index in [0.717, 1.165) is 49.9 Å². The summed E-state index contributed by atoms with van der Waals surface area (Å²) in [6.07, 6.45) is 3.56. The van der Waals surface area contributed by atoms with Gasteiger partial charge in [-0.15, -0.1) is 0 Å². The average Bonchev–Trinajstić information content (AvgIpc) is 2.85. The fourth-order valence-electron chi connectivity index (χ4n) is 5.89.